The highest BCUT2D eigenvalue weighted by atomic mass is 32.1. The van der Waals surface area contributed by atoms with Gasteiger partial charge in [0.1, 0.15) is 27.4 Å². The molecule has 31 rings (SSSR count). The molecular formula is C122H69N9S4. The van der Waals surface area contributed by atoms with Crippen LogP contribution in [-0.2, 0) is 0 Å². The quantitative estimate of drug-likeness (QED) is 0.154. The highest BCUT2D eigenvalue weighted by Crippen LogP contribution is 2.54. The zero-order valence-electron chi connectivity index (χ0n) is 76.6. The second-order valence-corrected chi connectivity index (χ2v) is 38.6. The van der Waals surface area contributed by atoms with Gasteiger partial charge in [0, 0.05) is 111 Å². The molecule has 0 aliphatic rings. The molecule has 9 nitrogen and oxygen atoms in total. The van der Waals surface area contributed by atoms with E-state index in [4.69, 9.17) is 36.8 Å². The molecule has 0 N–H and O–H groups in total. The van der Waals surface area contributed by atoms with Gasteiger partial charge in [-0.15, -0.1) is 45.3 Å². The summed E-state index contributed by atoms with van der Waals surface area (Å²) in [4.78, 5) is 33.4. The van der Waals surface area contributed by atoms with Crippen molar-refractivity contribution in [2.75, 3.05) is 0 Å². The van der Waals surface area contributed by atoms with Gasteiger partial charge >= 0.3 is 0 Å². The van der Waals surface area contributed by atoms with Crippen molar-refractivity contribution in [2.45, 2.75) is 0 Å². The molecule has 13 heteroatoms. The van der Waals surface area contributed by atoms with Gasteiger partial charge < -0.3 is 0 Å². The fourth-order valence-electron chi connectivity index (χ4n) is 21.5. The van der Waals surface area contributed by atoms with E-state index < -0.39 is 18.1 Å². The largest absolute Gasteiger partial charge is 0.290 e. The van der Waals surface area contributed by atoms with Crippen molar-refractivity contribution < 1.29 is 6.85 Å². The highest BCUT2D eigenvalue weighted by molar-refractivity contribution is 7.28. The third-order valence-electron chi connectivity index (χ3n) is 27.2. The van der Waals surface area contributed by atoms with E-state index in [1.807, 2.05) is 65.1 Å². The predicted molar refractivity (Wildman–Crippen MR) is 577 cm³/mol. The van der Waals surface area contributed by atoms with E-state index in [-0.39, 0.29) is 23.3 Å². The van der Waals surface area contributed by atoms with Crippen LogP contribution in [0.1, 0.15) is 6.85 Å². The second-order valence-electron chi connectivity index (χ2n) is 34.4. The van der Waals surface area contributed by atoms with Gasteiger partial charge in [-0.1, -0.05) is 352 Å². The molecule has 10 aromatic heterocycles. The predicted octanol–water partition coefficient (Wildman–Crippen LogP) is 34.4. The number of rotatable bonds is 6. The van der Waals surface area contributed by atoms with Crippen LogP contribution in [-0.4, -0.2) is 43.6 Å². The summed E-state index contributed by atoms with van der Waals surface area (Å²) < 4.78 is 58.4. The maximum absolute atomic E-state index is 8.89. The fraction of sp³-hybridized carbons (Fsp3) is 0. The van der Waals surface area contributed by atoms with Crippen molar-refractivity contribution >= 4 is 278 Å². The molecule has 0 atom stereocenters. The van der Waals surface area contributed by atoms with E-state index in [2.05, 4.69) is 359 Å². The van der Waals surface area contributed by atoms with E-state index in [0.29, 0.717) is 16.9 Å². The summed E-state index contributed by atoms with van der Waals surface area (Å²) in [6, 6.07) is 135. The van der Waals surface area contributed by atoms with Crippen LogP contribution >= 0.6 is 45.3 Å². The summed E-state index contributed by atoms with van der Waals surface area (Å²) in [6.07, 6.45) is 0. The molecule has 0 aliphatic heterocycles. The van der Waals surface area contributed by atoms with Crippen LogP contribution in [0.3, 0.4) is 0 Å². The van der Waals surface area contributed by atoms with E-state index in [9.17, 15) is 0 Å². The van der Waals surface area contributed by atoms with Crippen LogP contribution in [0.5, 0.6) is 0 Å². The van der Waals surface area contributed by atoms with Gasteiger partial charge in [0.25, 0.3) is 0 Å². The third kappa shape index (κ3) is 11.4. The fourth-order valence-corrected chi connectivity index (χ4v) is 26.3. The standard InChI is InChI=1S/C44H25N3S.C42H23N3S2.C36H21N3S/c1-2-13-28-25-29(22-21-26(28)11-1)40-44(46-41-30-14-4-3-12-27(30)23-24-35(41)45-40)47-36-19-9-7-17-33(36)38-31-15-5-6-16-32(31)39-34-18-8-10-20-37(34)48-43(39)42(38)47;1-2-14-25-24(12-1)13-11-20-28(25)37-41(43-38-31-19-7-10-23-34(31)47-42(38)44-37)45-32-21-8-5-17-29(32)35-26-15-3-4-16-27(26)36-30-18-6-9-22-33(30)46-40(36)39(35)45;1-2-12-22(13-3-1)33-36(38-28-19-9-8-18-27(28)37-33)39-29-20-10-6-16-25(29)31-23-14-4-5-15-24(23)32-26-17-7-11-21-30(26)40-35(32)34(31)39/h1-25H;1-23H;1-21H/i;;1D,2D,3D,12D,13D. The second kappa shape index (κ2) is 29.9. The van der Waals surface area contributed by atoms with Crippen molar-refractivity contribution in [3.8, 4) is 51.2 Å². The van der Waals surface area contributed by atoms with Gasteiger partial charge in [-0.25, -0.2) is 29.9 Å². The Kier molecular flexibility index (Phi) is 15.7. The number of hydrogen-bond acceptors (Lipinski definition) is 10. The van der Waals surface area contributed by atoms with Crippen LogP contribution in [0.2, 0.25) is 0 Å². The minimum absolute atomic E-state index is 0.0218. The van der Waals surface area contributed by atoms with E-state index >= 15 is 0 Å². The highest BCUT2D eigenvalue weighted by Gasteiger charge is 2.31. The molecule has 0 radical (unpaired) electrons. The van der Waals surface area contributed by atoms with Gasteiger partial charge in [0.15, 0.2) is 17.5 Å². The lowest BCUT2D eigenvalue weighted by Crippen LogP contribution is -2.04. The molecule has 0 saturated heterocycles. The summed E-state index contributed by atoms with van der Waals surface area (Å²) in [7, 11) is 0. The average molecular weight is 1790 g/mol. The van der Waals surface area contributed by atoms with Crippen LogP contribution < -0.4 is 0 Å². The Morgan fingerprint density at radius 2 is 0.570 bits per heavy atom. The van der Waals surface area contributed by atoms with E-state index in [0.717, 1.165) is 130 Å². The van der Waals surface area contributed by atoms with Crippen LogP contribution in [0.4, 0.5) is 0 Å². The van der Waals surface area contributed by atoms with Crippen LogP contribution in [0.25, 0.3) is 284 Å². The Morgan fingerprint density at radius 3 is 1.09 bits per heavy atom. The average Bonchev–Trinajstić information content (AvgIpc) is 1.54. The van der Waals surface area contributed by atoms with Gasteiger partial charge in [-0.05, 0) is 126 Å². The Hall–Kier alpha value is -16.8. The minimum Gasteiger partial charge on any atom is -0.290 e. The lowest BCUT2D eigenvalue weighted by molar-refractivity contribution is 1.08. The van der Waals surface area contributed by atoms with E-state index in [1.54, 1.807) is 22.7 Å². The monoisotopic (exact) mass is 1790 g/mol. The number of benzene rings is 21. The molecule has 0 aliphatic carbocycles. The molecule has 31 aromatic rings. The molecule has 0 bridgehead atoms. The van der Waals surface area contributed by atoms with Crippen molar-refractivity contribution in [1.29, 1.82) is 0 Å². The summed E-state index contributed by atoms with van der Waals surface area (Å²) in [6.45, 7) is 0. The summed E-state index contributed by atoms with van der Waals surface area (Å²) >= 11 is 7.18. The third-order valence-corrected chi connectivity index (χ3v) is 31.8. The lowest BCUT2D eigenvalue weighted by Gasteiger charge is -2.16. The minimum atomic E-state index is -0.445. The summed E-state index contributed by atoms with van der Waals surface area (Å²) in [5, 5.41) is 30.1. The molecular weight excluding hydrogens is 1720 g/mol. The number of aromatic nitrogens is 9. The molecule has 0 amide bonds. The number of nitrogens with zero attached hydrogens (tertiary/aromatic N) is 9. The Bertz CT molecular complexity index is 10900. The number of hydrogen-bond donors (Lipinski definition) is 0. The molecule has 10 heterocycles. The molecule has 135 heavy (non-hydrogen) atoms. The first kappa shape index (κ1) is 71.0. The number of thiophene rings is 4. The summed E-state index contributed by atoms with van der Waals surface area (Å²) in [5.74, 6) is 2.11. The van der Waals surface area contributed by atoms with Gasteiger partial charge in [0.2, 0.25) is 0 Å². The molecule has 626 valence electrons. The number of fused-ring (bicyclic) bond motifs is 39. The number of para-hydroxylation sites is 5. The van der Waals surface area contributed by atoms with Crippen molar-refractivity contribution in [3.63, 3.8) is 0 Å². The lowest BCUT2D eigenvalue weighted by atomic mass is 9.99. The van der Waals surface area contributed by atoms with E-state index in [1.165, 1.54) is 126 Å². The normalized spacial score (nSPS) is 12.7. The maximum atomic E-state index is 8.89. The molecule has 0 saturated carbocycles. The van der Waals surface area contributed by atoms with Crippen molar-refractivity contribution in [3.05, 3.63) is 418 Å². The Labute approximate surface area is 792 Å². The van der Waals surface area contributed by atoms with Crippen molar-refractivity contribution in [2.24, 2.45) is 0 Å². The van der Waals surface area contributed by atoms with Gasteiger partial charge in [-0.2, -0.15) is 0 Å². The SMILES string of the molecule is [2H]c1c([2H])c([2H])c(-c2nc3ccccc3nc2-n2c3ccccc3c3c4ccccc4c4c5ccccc5sc4c32)c([2H])c1[2H].c1ccc2c(-c3nc4sc5ccccc5c4nc3-n3c4ccccc4c4c5ccccc5c5c6ccccc6sc5c43)cccc2c1.c1ccc2cc(-c3nc4ccc5ccccc5c4nc3-n3c4ccccc4c4c5ccccc5c5c6ccccc6sc5c43)ccc2c1. The first-order valence-corrected chi connectivity index (χ1v) is 48.3. The smallest absolute Gasteiger partial charge is 0.165 e. The Balaban J connectivity index is 0.000000101. The van der Waals surface area contributed by atoms with Gasteiger partial charge in [-0.3, -0.25) is 13.7 Å². The topological polar surface area (TPSA) is 92.1 Å². The Morgan fingerprint density at radius 1 is 0.215 bits per heavy atom. The van der Waals surface area contributed by atoms with Crippen molar-refractivity contribution in [1.82, 2.24) is 43.6 Å². The first-order chi connectivity index (χ1) is 69.1. The van der Waals surface area contributed by atoms with Crippen LogP contribution in [0.15, 0.2) is 418 Å². The van der Waals surface area contributed by atoms with Gasteiger partial charge in [0.05, 0.1) is 76.1 Å². The summed E-state index contributed by atoms with van der Waals surface area (Å²) in [5.41, 5.74) is 14.6. The zero-order valence-corrected chi connectivity index (χ0v) is 74.9. The van der Waals surface area contributed by atoms with Crippen LogP contribution in [0, 0.1) is 0 Å². The first-order valence-electron chi connectivity index (χ1n) is 47.6. The molecule has 0 spiro atoms. The molecule has 0 fully saturated rings. The maximum Gasteiger partial charge on any atom is 0.165 e. The molecule has 0 unspecified atom stereocenters. The molecule has 21 aromatic carbocycles. The zero-order chi connectivity index (χ0) is 92.5.